The SMILES string of the molecule is CCOCCOCc1cccc(CNC(=O)CSc2nncs2)c1. The maximum absolute atomic E-state index is 11.9. The van der Waals surface area contributed by atoms with E-state index in [9.17, 15) is 4.79 Å². The van der Waals surface area contributed by atoms with Crippen LogP contribution < -0.4 is 5.32 Å². The molecule has 0 saturated carbocycles. The van der Waals surface area contributed by atoms with Gasteiger partial charge in [0.05, 0.1) is 25.6 Å². The second kappa shape index (κ2) is 11.1. The average molecular weight is 367 g/mol. The van der Waals surface area contributed by atoms with Crippen molar-refractivity contribution in [3.63, 3.8) is 0 Å². The predicted molar refractivity (Wildman–Crippen MR) is 95.1 cm³/mol. The molecule has 0 radical (unpaired) electrons. The lowest BCUT2D eigenvalue weighted by atomic mass is 10.1. The fourth-order valence-corrected chi connectivity index (χ4v) is 3.20. The Morgan fingerprint density at radius 1 is 1.29 bits per heavy atom. The highest BCUT2D eigenvalue weighted by Crippen LogP contribution is 2.18. The zero-order chi connectivity index (χ0) is 17.0. The first kappa shape index (κ1) is 18.9. The van der Waals surface area contributed by atoms with Gasteiger partial charge in [0.25, 0.3) is 0 Å². The number of aromatic nitrogens is 2. The summed E-state index contributed by atoms with van der Waals surface area (Å²) in [5, 5.41) is 10.5. The molecule has 1 aromatic carbocycles. The van der Waals surface area contributed by atoms with Crippen LogP contribution in [0.25, 0.3) is 0 Å². The van der Waals surface area contributed by atoms with Crippen LogP contribution >= 0.6 is 23.1 Å². The van der Waals surface area contributed by atoms with Gasteiger partial charge in [-0.1, -0.05) is 47.4 Å². The van der Waals surface area contributed by atoms with Crippen LogP contribution in [0.15, 0.2) is 34.1 Å². The lowest BCUT2D eigenvalue weighted by Crippen LogP contribution is -2.24. The topological polar surface area (TPSA) is 73.3 Å². The van der Waals surface area contributed by atoms with E-state index in [0.717, 1.165) is 15.5 Å². The summed E-state index contributed by atoms with van der Waals surface area (Å²) in [5.41, 5.74) is 3.79. The largest absolute Gasteiger partial charge is 0.379 e. The first-order valence-corrected chi connectivity index (χ1v) is 9.53. The molecule has 0 saturated heterocycles. The van der Waals surface area contributed by atoms with E-state index < -0.39 is 0 Å². The minimum Gasteiger partial charge on any atom is -0.379 e. The number of hydrogen-bond acceptors (Lipinski definition) is 7. The summed E-state index contributed by atoms with van der Waals surface area (Å²) in [6.07, 6.45) is 0. The zero-order valence-electron chi connectivity index (χ0n) is 13.6. The van der Waals surface area contributed by atoms with Crippen LogP contribution in [0.3, 0.4) is 0 Å². The Bertz CT molecular complexity index is 608. The number of thioether (sulfide) groups is 1. The summed E-state index contributed by atoms with van der Waals surface area (Å²) in [7, 11) is 0. The van der Waals surface area contributed by atoms with Gasteiger partial charge in [-0.05, 0) is 18.1 Å². The third-order valence-corrected chi connectivity index (χ3v) is 4.85. The molecule has 0 aliphatic heterocycles. The summed E-state index contributed by atoms with van der Waals surface area (Å²) in [4.78, 5) is 11.9. The Morgan fingerprint density at radius 3 is 2.92 bits per heavy atom. The summed E-state index contributed by atoms with van der Waals surface area (Å²) in [6, 6.07) is 8.01. The number of carbonyl (C=O) groups is 1. The Kier molecular flexibility index (Phi) is 8.75. The molecule has 6 nitrogen and oxygen atoms in total. The van der Waals surface area contributed by atoms with Gasteiger partial charge in [-0.25, -0.2) is 0 Å². The van der Waals surface area contributed by atoms with Gasteiger partial charge in [0.2, 0.25) is 5.91 Å². The van der Waals surface area contributed by atoms with Gasteiger partial charge in [-0.3, -0.25) is 4.79 Å². The monoisotopic (exact) mass is 367 g/mol. The van der Waals surface area contributed by atoms with Gasteiger partial charge in [0.1, 0.15) is 5.51 Å². The van der Waals surface area contributed by atoms with Crippen molar-refractivity contribution in [1.29, 1.82) is 0 Å². The molecular formula is C16H21N3O3S2. The molecule has 0 spiro atoms. The van der Waals surface area contributed by atoms with Gasteiger partial charge < -0.3 is 14.8 Å². The first-order chi connectivity index (χ1) is 11.8. The number of rotatable bonds is 11. The minimum absolute atomic E-state index is 0.0198. The van der Waals surface area contributed by atoms with Gasteiger partial charge in [0.15, 0.2) is 4.34 Å². The van der Waals surface area contributed by atoms with Gasteiger partial charge in [-0.15, -0.1) is 10.2 Å². The van der Waals surface area contributed by atoms with Crippen molar-refractivity contribution in [3.8, 4) is 0 Å². The molecule has 8 heteroatoms. The summed E-state index contributed by atoms with van der Waals surface area (Å²) in [6.45, 7) is 4.90. The van der Waals surface area contributed by atoms with Crippen molar-refractivity contribution in [3.05, 3.63) is 40.9 Å². The molecule has 1 N–H and O–H groups in total. The van der Waals surface area contributed by atoms with E-state index >= 15 is 0 Å². The Hall–Kier alpha value is -1.48. The molecular weight excluding hydrogens is 346 g/mol. The minimum atomic E-state index is -0.0198. The molecule has 1 aromatic heterocycles. The normalized spacial score (nSPS) is 10.7. The molecule has 1 amide bonds. The lowest BCUT2D eigenvalue weighted by Gasteiger charge is -2.08. The molecule has 130 valence electrons. The van der Waals surface area contributed by atoms with E-state index in [2.05, 4.69) is 15.5 Å². The predicted octanol–water partition coefficient (Wildman–Crippen LogP) is 2.50. The van der Waals surface area contributed by atoms with Gasteiger partial charge >= 0.3 is 0 Å². The Morgan fingerprint density at radius 2 is 2.12 bits per heavy atom. The van der Waals surface area contributed by atoms with Crippen LogP contribution in [0.4, 0.5) is 0 Å². The number of hydrogen-bond donors (Lipinski definition) is 1. The highest BCUT2D eigenvalue weighted by atomic mass is 32.2. The molecule has 1 heterocycles. The van der Waals surface area contributed by atoms with E-state index in [0.29, 0.717) is 38.7 Å². The van der Waals surface area contributed by atoms with Crippen LogP contribution in [0.2, 0.25) is 0 Å². The second-order valence-corrected chi connectivity index (χ2v) is 6.90. The molecule has 0 unspecified atom stereocenters. The molecule has 0 fully saturated rings. The van der Waals surface area contributed by atoms with E-state index in [1.54, 1.807) is 5.51 Å². The van der Waals surface area contributed by atoms with Crippen molar-refractivity contribution in [2.45, 2.75) is 24.4 Å². The summed E-state index contributed by atoms with van der Waals surface area (Å²) >= 11 is 2.82. The molecule has 2 aromatic rings. The Balaban J connectivity index is 1.68. The van der Waals surface area contributed by atoms with Crippen molar-refractivity contribution in [1.82, 2.24) is 15.5 Å². The summed E-state index contributed by atoms with van der Waals surface area (Å²) in [5.74, 6) is 0.323. The molecule has 0 aliphatic carbocycles. The van der Waals surface area contributed by atoms with E-state index in [1.165, 1.54) is 23.1 Å². The van der Waals surface area contributed by atoms with Crippen LogP contribution in [0.1, 0.15) is 18.1 Å². The number of ether oxygens (including phenoxy) is 2. The second-order valence-electron chi connectivity index (χ2n) is 4.84. The van der Waals surface area contributed by atoms with Crippen molar-refractivity contribution in [2.75, 3.05) is 25.6 Å². The lowest BCUT2D eigenvalue weighted by molar-refractivity contribution is -0.118. The maximum Gasteiger partial charge on any atom is 0.230 e. The number of nitrogens with one attached hydrogen (secondary N) is 1. The van der Waals surface area contributed by atoms with E-state index in [4.69, 9.17) is 9.47 Å². The quantitative estimate of drug-likeness (QED) is 0.486. The number of benzene rings is 1. The maximum atomic E-state index is 11.9. The Labute approximate surface area is 150 Å². The standard InChI is InChI=1S/C16H21N3O3S2/c1-2-21-6-7-22-10-14-5-3-4-13(8-14)9-17-15(20)11-23-16-19-18-12-24-16/h3-5,8,12H,2,6-7,9-11H2,1H3,(H,17,20). The third kappa shape index (κ3) is 7.39. The number of amides is 1. The highest BCUT2D eigenvalue weighted by molar-refractivity contribution is 8.01. The van der Waals surface area contributed by atoms with Crippen LogP contribution in [0, 0.1) is 0 Å². The van der Waals surface area contributed by atoms with Gasteiger partial charge in [-0.2, -0.15) is 0 Å². The van der Waals surface area contributed by atoms with E-state index in [-0.39, 0.29) is 5.91 Å². The van der Waals surface area contributed by atoms with Crippen LogP contribution in [-0.4, -0.2) is 41.7 Å². The smallest absolute Gasteiger partial charge is 0.230 e. The van der Waals surface area contributed by atoms with Crippen molar-refractivity contribution < 1.29 is 14.3 Å². The van der Waals surface area contributed by atoms with E-state index in [1.807, 2.05) is 31.2 Å². The summed E-state index contributed by atoms with van der Waals surface area (Å²) < 4.78 is 11.6. The third-order valence-electron chi connectivity index (χ3n) is 2.99. The fourth-order valence-electron chi connectivity index (χ4n) is 1.89. The average Bonchev–Trinajstić information content (AvgIpc) is 3.12. The number of nitrogens with zero attached hydrogens (tertiary/aromatic N) is 2. The van der Waals surface area contributed by atoms with Crippen molar-refractivity contribution in [2.24, 2.45) is 0 Å². The first-order valence-electron chi connectivity index (χ1n) is 7.67. The fraction of sp³-hybridized carbons (Fsp3) is 0.438. The van der Waals surface area contributed by atoms with Gasteiger partial charge in [0, 0.05) is 13.2 Å². The molecule has 2 rings (SSSR count). The molecule has 0 bridgehead atoms. The molecule has 0 atom stereocenters. The van der Waals surface area contributed by atoms with Crippen LogP contribution in [0.5, 0.6) is 0 Å². The van der Waals surface area contributed by atoms with Crippen molar-refractivity contribution >= 4 is 29.0 Å². The highest BCUT2D eigenvalue weighted by Gasteiger charge is 2.05. The number of carbonyl (C=O) groups excluding carboxylic acids is 1. The molecule has 24 heavy (non-hydrogen) atoms. The van der Waals surface area contributed by atoms with Crippen LogP contribution in [-0.2, 0) is 27.4 Å². The molecule has 0 aliphatic rings. The zero-order valence-corrected chi connectivity index (χ0v) is 15.2.